The fourth-order valence-corrected chi connectivity index (χ4v) is 4.07. The lowest BCUT2D eigenvalue weighted by atomic mass is 10.3. The molecule has 1 aliphatic heterocycles. The van der Waals surface area contributed by atoms with Crippen molar-refractivity contribution in [3.8, 4) is 6.01 Å². The molecule has 1 fully saturated rings. The third kappa shape index (κ3) is 6.58. The summed E-state index contributed by atoms with van der Waals surface area (Å²) in [4.78, 5) is 11.6. The zero-order valence-corrected chi connectivity index (χ0v) is 19.6. The highest BCUT2D eigenvalue weighted by Crippen LogP contribution is 2.16. The van der Waals surface area contributed by atoms with E-state index in [4.69, 9.17) is 14.5 Å². The minimum atomic E-state index is -1.07. The van der Waals surface area contributed by atoms with E-state index in [1.54, 1.807) is 0 Å². The van der Waals surface area contributed by atoms with E-state index in [2.05, 4.69) is 52.7 Å². The van der Waals surface area contributed by atoms with Gasteiger partial charge < -0.3 is 24.3 Å². The van der Waals surface area contributed by atoms with E-state index in [0.29, 0.717) is 19.3 Å². The van der Waals surface area contributed by atoms with Crippen LogP contribution in [0.25, 0.3) is 0 Å². The molecule has 0 bridgehead atoms. The molecule has 0 saturated carbocycles. The van der Waals surface area contributed by atoms with Gasteiger partial charge in [0.05, 0.1) is 18.0 Å². The monoisotopic (exact) mass is 420 g/mol. The second-order valence-corrected chi connectivity index (χ2v) is 14.6. The summed E-state index contributed by atoms with van der Waals surface area (Å²) in [5.41, 5.74) is 1.98. The molecular weight excluding hydrogens is 384 g/mol. The minimum absolute atomic E-state index is 0.484. The third-order valence-corrected chi connectivity index (χ3v) is 6.68. The maximum Gasteiger partial charge on any atom is 0.298 e. The number of aryl methyl sites for hydroxylation is 2. The number of hydrogen-bond acceptors (Lipinski definition) is 6. The van der Waals surface area contributed by atoms with E-state index in [9.17, 15) is 0 Å². The lowest BCUT2D eigenvalue weighted by Crippen LogP contribution is -2.44. The number of rotatable bonds is 10. The Hall–Kier alpha value is -1.84. The fraction of sp³-hybridized carbons (Fsp3) is 0.700. The van der Waals surface area contributed by atoms with Crippen LogP contribution >= 0.6 is 0 Å². The van der Waals surface area contributed by atoms with Gasteiger partial charge in [-0.3, -0.25) is 4.57 Å². The highest BCUT2D eigenvalue weighted by Gasteiger charge is 2.16. The molecule has 0 atom stereocenters. The van der Waals surface area contributed by atoms with Crippen molar-refractivity contribution in [1.29, 1.82) is 0 Å². The number of aromatic nitrogens is 4. The average Bonchev–Trinajstić information content (AvgIpc) is 3.21. The summed E-state index contributed by atoms with van der Waals surface area (Å²) in [6, 6.07) is 1.78. The Morgan fingerprint density at radius 3 is 2.59 bits per heavy atom. The molecule has 0 spiro atoms. The number of ether oxygens (including phenoxy) is 2. The van der Waals surface area contributed by atoms with Gasteiger partial charge in [-0.15, -0.1) is 0 Å². The molecule has 162 valence electrons. The molecule has 3 heterocycles. The van der Waals surface area contributed by atoms with Crippen molar-refractivity contribution in [3.05, 3.63) is 23.8 Å². The number of anilines is 1. The molecule has 1 aliphatic rings. The van der Waals surface area contributed by atoms with E-state index in [1.165, 1.54) is 0 Å². The van der Waals surface area contributed by atoms with Crippen molar-refractivity contribution in [2.75, 3.05) is 44.3 Å². The number of imidazole rings is 2. The lowest BCUT2D eigenvalue weighted by molar-refractivity contribution is 0.0788. The summed E-state index contributed by atoms with van der Waals surface area (Å²) < 4.78 is 15.9. The first-order chi connectivity index (χ1) is 13.8. The Bertz CT molecular complexity index is 777. The van der Waals surface area contributed by atoms with Gasteiger partial charge in [0.15, 0.2) is 0 Å². The van der Waals surface area contributed by atoms with E-state index in [1.807, 2.05) is 17.7 Å². The molecule has 9 heteroatoms. The van der Waals surface area contributed by atoms with Crippen molar-refractivity contribution in [2.45, 2.75) is 45.8 Å². The maximum atomic E-state index is 5.96. The molecule has 1 saturated heterocycles. The van der Waals surface area contributed by atoms with E-state index >= 15 is 0 Å². The van der Waals surface area contributed by atoms with Gasteiger partial charge in [0.1, 0.15) is 6.73 Å². The summed E-state index contributed by atoms with van der Waals surface area (Å²) in [6.07, 6.45) is 4.83. The van der Waals surface area contributed by atoms with Crippen LogP contribution in [0.4, 0.5) is 5.95 Å². The molecule has 0 aromatic carbocycles. The molecule has 0 amide bonds. The first-order valence-corrected chi connectivity index (χ1v) is 14.2. The number of nitrogens with zero attached hydrogens (tertiary/aromatic N) is 5. The van der Waals surface area contributed by atoms with Crippen LogP contribution in [0.5, 0.6) is 6.01 Å². The highest BCUT2D eigenvalue weighted by atomic mass is 28.3. The molecule has 1 N–H and O–H groups in total. The predicted molar refractivity (Wildman–Crippen MR) is 119 cm³/mol. The molecule has 8 nitrogen and oxygen atoms in total. The number of nitrogens with one attached hydrogen (secondary N) is 1. The first-order valence-electron chi connectivity index (χ1n) is 10.5. The number of piperazine rings is 1. The first kappa shape index (κ1) is 21.9. The third-order valence-electron chi connectivity index (χ3n) is 4.98. The standard InChI is InChI=1S/C20H36N6O2Si/c1-17-14-26(16-27-12-13-29(3,4)5)20(22-17)28-11-6-18-15-24(2)19(23-18)25-9-7-21-8-10-25/h14-15,21H,6-13,16H2,1-5H3. The molecule has 2 aromatic heterocycles. The van der Waals surface area contributed by atoms with Gasteiger partial charge in [-0.25, -0.2) is 9.97 Å². The van der Waals surface area contributed by atoms with Crippen LogP contribution in [0.1, 0.15) is 11.4 Å². The molecule has 0 unspecified atom stereocenters. The van der Waals surface area contributed by atoms with Crippen molar-refractivity contribution >= 4 is 14.0 Å². The summed E-state index contributed by atoms with van der Waals surface area (Å²) in [6.45, 7) is 14.9. The van der Waals surface area contributed by atoms with E-state index < -0.39 is 8.07 Å². The largest absolute Gasteiger partial charge is 0.464 e. The van der Waals surface area contributed by atoms with Crippen LogP contribution in [0.2, 0.25) is 25.7 Å². The molecule has 29 heavy (non-hydrogen) atoms. The van der Waals surface area contributed by atoms with Crippen molar-refractivity contribution in [3.63, 3.8) is 0 Å². The topological polar surface area (TPSA) is 69.4 Å². The zero-order valence-electron chi connectivity index (χ0n) is 18.6. The van der Waals surface area contributed by atoms with Crippen LogP contribution in [-0.4, -0.2) is 66.6 Å². The van der Waals surface area contributed by atoms with Crippen LogP contribution in [0.15, 0.2) is 12.4 Å². The van der Waals surface area contributed by atoms with Crippen molar-refractivity contribution in [1.82, 2.24) is 24.4 Å². The highest BCUT2D eigenvalue weighted by molar-refractivity contribution is 6.76. The normalized spacial score (nSPS) is 15.1. The lowest BCUT2D eigenvalue weighted by Gasteiger charge is -2.28. The summed E-state index contributed by atoms with van der Waals surface area (Å²) in [5, 5.41) is 3.38. The van der Waals surface area contributed by atoms with Gasteiger partial charge in [-0.2, -0.15) is 0 Å². The van der Waals surface area contributed by atoms with E-state index in [-0.39, 0.29) is 0 Å². The zero-order chi connectivity index (χ0) is 20.9. The van der Waals surface area contributed by atoms with Gasteiger partial charge in [-0.1, -0.05) is 19.6 Å². The van der Waals surface area contributed by atoms with Crippen LogP contribution in [-0.2, 0) is 24.9 Å². The molecular formula is C20H36N6O2Si. The van der Waals surface area contributed by atoms with Gasteiger partial charge in [0.2, 0.25) is 5.95 Å². The van der Waals surface area contributed by atoms with Gasteiger partial charge in [0, 0.05) is 66.7 Å². The van der Waals surface area contributed by atoms with Gasteiger partial charge in [0.25, 0.3) is 6.01 Å². The van der Waals surface area contributed by atoms with Gasteiger partial charge >= 0.3 is 0 Å². The van der Waals surface area contributed by atoms with Crippen LogP contribution in [0.3, 0.4) is 0 Å². The summed E-state index contributed by atoms with van der Waals surface area (Å²) in [7, 11) is 0.983. The Balaban J connectivity index is 1.49. The number of hydrogen-bond donors (Lipinski definition) is 1. The molecule has 2 aromatic rings. The maximum absolute atomic E-state index is 5.96. The molecule has 0 aliphatic carbocycles. The van der Waals surface area contributed by atoms with E-state index in [0.717, 1.165) is 62.6 Å². The van der Waals surface area contributed by atoms with Crippen molar-refractivity contribution < 1.29 is 9.47 Å². The van der Waals surface area contributed by atoms with Crippen LogP contribution < -0.4 is 15.0 Å². The Morgan fingerprint density at radius 1 is 1.10 bits per heavy atom. The minimum Gasteiger partial charge on any atom is -0.464 e. The average molecular weight is 421 g/mol. The Kier molecular flexibility index (Phi) is 7.37. The molecule has 0 radical (unpaired) electrons. The second kappa shape index (κ2) is 9.77. The predicted octanol–water partition coefficient (Wildman–Crippen LogP) is 2.27. The smallest absolute Gasteiger partial charge is 0.298 e. The fourth-order valence-electron chi connectivity index (χ4n) is 3.32. The second-order valence-electron chi connectivity index (χ2n) is 8.96. The Morgan fingerprint density at radius 2 is 1.86 bits per heavy atom. The Labute approximate surface area is 175 Å². The molecule has 3 rings (SSSR count). The summed E-state index contributed by atoms with van der Waals surface area (Å²) >= 11 is 0. The quantitative estimate of drug-likeness (QED) is 0.470. The SMILES string of the molecule is Cc1cn(COCC[Si](C)(C)C)c(OCCc2cn(C)c(N3CCNCC3)n2)n1. The van der Waals surface area contributed by atoms with Gasteiger partial charge in [-0.05, 0) is 13.0 Å². The van der Waals surface area contributed by atoms with Crippen molar-refractivity contribution in [2.24, 2.45) is 7.05 Å². The summed E-state index contributed by atoms with van der Waals surface area (Å²) in [5.74, 6) is 1.04. The van der Waals surface area contributed by atoms with Crippen LogP contribution in [0, 0.1) is 6.92 Å².